The van der Waals surface area contributed by atoms with Crippen LogP contribution in [-0.2, 0) is 5.67 Å². The van der Waals surface area contributed by atoms with Crippen molar-refractivity contribution in [3.05, 3.63) is 33.0 Å². The molecule has 2 unspecified atom stereocenters. The van der Waals surface area contributed by atoms with Crippen molar-refractivity contribution in [3.63, 3.8) is 0 Å². The van der Waals surface area contributed by atoms with Gasteiger partial charge in [-0.15, -0.1) is 0 Å². The van der Waals surface area contributed by atoms with Crippen molar-refractivity contribution in [1.82, 2.24) is 0 Å². The van der Waals surface area contributed by atoms with E-state index in [0.29, 0.717) is 10.9 Å². The van der Waals surface area contributed by atoms with Crippen LogP contribution in [0.5, 0.6) is 0 Å². The smallest absolute Gasteiger partial charge is 0.149 e. The molecule has 0 amide bonds. The fourth-order valence-corrected chi connectivity index (χ4v) is 2.62. The van der Waals surface area contributed by atoms with Gasteiger partial charge >= 0.3 is 0 Å². The van der Waals surface area contributed by atoms with Gasteiger partial charge in [0.1, 0.15) is 11.5 Å². The van der Waals surface area contributed by atoms with Crippen molar-refractivity contribution in [3.8, 4) is 0 Å². The first-order chi connectivity index (χ1) is 7.44. The van der Waals surface area contributed by atoms with Crippen molar-refractivity contribution in [2.75, 3.05) is 0 Å². The Hall–Kier alpha value is -0.190. The normalized spacial score (nSPS) is 29.7. The van der Waals surface area contributed by atoms with Gasteiger partial charge in [-0.25, -0.2) is 8.78 Å². The number of nitrogens with two attached hydrogens (primary N) is 1. The van der Waals surface area contributed by atoms with Crippen LogP contribution in [0.15, 0.2) is 16.6 Å². The molecule has 1 aromatic rings. The predicted molar refractivity (Wildman–Crippen MR) is 63.7 cm³/mol. The summed E-state index contributed by atoms with van der Waals surface area (Å²) < 4.78 is 28.7. The summed E-state index contributed by atoms with van der Waals surface area (Å²) in [5.41, 5.74) is 4.01. The van der Waals surface area contributed by atoms with Crippen molar-refractivity contribution >= 4 is 27.5 Å². The maximum absolute atomic E-state index is 14.5. The Morgan fingerprint density at radius 1 is 1.50 bits per heavy atom. The molecule has 1 aliphatic carbocycles. The van der Waals surface area contributed by atoms with E-state index in [1.165, 1.54) is 6.07 Å². The topological polar surface area (TPSA) is 26.0 Å². The first-order valence-corrected chi connectivity index (χ1v) is 6.19. The van der Waals surface area contributed by atoms with E-state index in [1.807, 2.05) is 0 Å². The van der Waals surface area contributed by atoms with Crippen molar-refractivity contribution < 1.29 is 8.78 Å². The van der Waals surface area contributed by atoms with Crippen molar-refractivity contribution in [2.24, 2.45) is 5.73 Å². The summed E-state index contributed by atoms with van der Waals surface area (Å²) in [4.78, 5) is 0. The standard InChI is InChI=1S/C11H11BrClF2N/c12-8-2-1-7(10(14)9(8)13)11(15)4-3-6(16)5-11/h1-2,6H,3-5,16H2. The number of alkyl halides is 1. The van der Waals surface area contributed by atoms with Crippen LogP contribution in [0, 0.1) is 5.82 Å². The van der Waals surface area contributed by atoms with Gasteiger partial charge in [0.05, 0.1) is 5.02 Å². The predicted octanol–water partition coefficient (Wildman–Crippen LogP) is 3.92. The highest BCUT2D eigenvalue weighted by atomic mass is 79.9. The summed E-state index contributed by atoms with van der Waals surface area (Å²) in [6.07, 6.45) is 0.981. The number of rotatable bonds is 1. The minimum absolute atomic E-state index is 0.0219. The zero-order chi connectivity index (χ0) is 11.9. The Morgan fingerprint density at radius 2 is 2.19 bits per heavy atom. The van der Waals surface area contributed by atoms with E-state index >= 15 is 0 Å². The molecule has 0 bridgehead atoms. The van der Waals surface area contributed by atoms with Gasteiger partial charge in [-0.3, -0.25) is 0 Å². The second kappa shape index (κ2) is 4.24. The maximum Gasteiger partial charge on any atom is 0.149 e. The Balaban J connectivity index is 2.45. The summed E-state index contributed by atoms with van der Waals surface area (Å²) in [5, 5.41) is -0.0741. The van der Waals surface area contributed by atoms with E-state index in [9.17, 15) is 8.78 Å². The third-order valence-electron chi connectivity index (χ3n) is 3.02. The SMILES string of the molecule is NC1CCC(F)(c2ccc(Br)c(Cl)c2F)C1. The molecule has 2 atom stereocenters. The molecule has 1 fully saturated rings. The van der Waals surface area contributed by atoms with Gasteiger partial charge in [-0.1, -0.05) is 17.7 Å². The molecule has 1 aliphatic rings. The van der Waals surface area contributed by atoms with Gasteiger partial charge in [0, 0.05) is 22.5 Å². The maximum atomic E-state index is 14.5. The summed E-state index contributed by atoms with van der Waals surface area (Å²) in [7, 11) is 0. The van der Waals surface area contributed by atoms with Gasteiger partial charge in [0.25, 0.3) is 0 Å². The third kappa shape index (κ3) is 1.98. The van der Waals surface area contributed by atoms with Gasteiger partial charge in [-0.05, 0) is 34.8 Å². The lowest BCUT2D eigenvalue weighted by Crippen LogP contribution is -2.22. The average Bonchev–Trinajstić information content (AvgIpc) is 2.56. The minimum atomic E-state index is -1.67. The number of benzene rings is 1. The molecule has 1 saturated carbocycles. The van der Waals surface area contributed by atoms with Gasteiger partial charge in [0.15, 0.2) is 0 Å². The van der Waals surface area contributed by atoms with Crippen LogP contribution in [-0.4, -0.2) is 6.04 Å². The average molecular weight is 311 g/mol. The minimum Gasteiger partial charge on any atom is -0.328 e. The second-order valence-corrected chi connectivity index (χ2v) is 5.42. The first kappa shape index (κ1) is 12.3. The Morgan fingerprint density at radius 3 is 2.75 bits per heavy atom. The molecule has 0 aliphatic heterocycles. The Bertz CT molecular complexity index is 427. The van der Waals surface area contributed by atoms with Gasteiger partial charge in [0.2, 0.25) is 0 Å². The zero-order valence-electron chi connectivity index (χ0n) is 8.44. The highest BCUT2D eigenvalue weighted by molar-refractivity contribution is 9.10. The Labute approximate surface area is 106 Å². The summed E-state index contributed by atoms with van der Waals surface area (Å²) >= 11 is 8.84. The lowest BCUT2D eigenvalue weighted by molar-refractivity contribution is 0.166. The van der Waals surface area contributed by atoms with Gasteiger partial charge in [-0.2, -0.15) is 0 Å². The second-order valence-electron chi connectivity index (χ2n) is 4.19. The third-order valence-corrected chi connectivity index (χ3v) is 4.27. The fraction of sp³-hybridized carbons (Fsp3) is 0.455. The summed E-state index contributed by atoms with van der Waals surface area (Å²) in [6.45, 7) is 0. The van der Waals surface area contributed by atoms with E-state index in [2.05, 4.69) is 15.9 Å². The van der Waals surface area contributed by atoms with Crippen LogP contribution in [0.1, 0.15) is 24.8 Å². The molecule has 2 rings (SSSR count). The highest BCUT2D eigenvalue weighted by Gasteiger charge is 2.41. The summed E-state index contributed by atoms with van der Waals surface area (Å²) in [5.74, 6) is -0.687. The van der Waals surface area contributed by atoms with Crippen LogP contribution in [0.4, 0.5) is 8.78 Å². The lowest BCUT2D eigenvalue weighted by Gasteiger charge is -2.21. The van der Waals surface area contributed by atoms with Crippen LogP contribution in [0.25, 0.3) is 0 Å². The molecule has 0 saturated heterocycles. The van der Waals surface area contributed by atoms with E-state index in [1.54, 1.807) is 6.07 Å². The molecule has 1 aromatic carbocycles. The first-order valence-electron chi connectivity index (χ1n) is 5.02. The van der Waals surface area contributed by atoms with Crippen LogP contribution in [0.3, 0.4) is 0 Å². The largest absolute Gasteiger partial charge is 0.328 e. The molecule has 16 heavy (non-hydrogen) atoms. The fourth-order valence-electron chi connectivity index (χ4n) is 2.15. The lowest BCUT2D eigenvalue weighted by atomic mass is 9.93. The van der Waals surface area contributed by atoms with E-state index in [4.69, 9.17) is 17.3 Å². The number of hydrogen-bond donors (Lipinski definition) is 1. The van der Waals surface area contributed by atoms with Gasteiger partial charge < -0.3 is 5.73 Å². The molecular weight excluding hydrogens is 299 g/mol. The van der Waals surface area contributed by atoms with E-state index < -0.39 is 11.5 Å². The van der Waals surface area contributed by atoms with E-state index in [0.717, 1.165) is 0 Å². The molecule has 0 heterocycles. The Kier molecular flexibility index (Phi) is 3.25. The molecule has 88 valence electrons. The molecule has 0 aromatic heterocycles. The molecule has 1 nitrogen and oxygen atoms in total. The van der Waals surface area contributed by atoms with Crippen LogP contribution < -0.4 is 5.73 Å². The number of hydrogen-bond acceptors (Lipinski definition) is 1. The number of halogens is 4. The zero-order valence-corrected chi connectivity index (χ0v) is 10.8. The molecule has 0 spiro atoms. The van der Waals surface area contributed by atoms with Crippen molar-refractivity contribution in [2.45, 2.75) is 31.0 Å². The highest BCUT2D eigenvalue weighted by Crippen LogP contribution is 2.44. The molecule has 5 heteroatoms. The quantitative estimate of drug-likeness (QED) is 0.782. The van der Waals surface area contributed by atoms with Crippen LogP contribution in [0.2, 0.25) is 5.02 Å². The molecule has 0 radical (unpaired) electrons. The van der Waals surface area contributed by atoms with Crippen molar-refractivity contribution in [1.29, 1.82) is 0 Å². The molecule has 2 N–H and O–H groups in total. The monoisotopic (exact) mass is 309 g/mol. The molecular formula is C11H11BrClF2N. The van der Waals surface area contributed by atoms with Crippen LogP contribution >= 0.6 is 27.5 Å². The summed E-state index contributed by atoms with van der Waals surface area (Å²) in [6, 6.07) is 2.79. The van der Waals surface area contributed by atoms with E-state index in [-0.39, 0.29) is 29.5 Å².